The molecule has 116 valence electrons. The summed E-state index contributed by atoms with van der Waals surface area (Å²) in [5.74, 6) is -0.794. The van der Waals surface area contributed by atoms with Gasteiger partial charge in [-0.1, -0.05) is 13.3 Å². The summed E-state index contributed by atoms with van der Waals surface area (Å²) in [7, 11) is 0. The molecule has 1 aromatic carbocycles. The maximum atomic E-state index is 11.9. The Labute approximate surface area is 124 Å². The van der Waals surface area contributed by atoms with E-state index < -0.39 is 11.5 Å². The minimum Gasteiger partial charge on any atom is -0.508 e. The second-order valence-corrected chi connectivity index (χ2v) is 5.84. The van der Waals surface area contributed by atoms with Crippen LogP contribution in [-0.2, 0) is 4.79 Å². The summed E-state index contributed by atoms with van der Waals surface area (Å²) < 4.78 is 0. The van der Waals surface area contributed by atoms with Crippen LogP contribution in [0.5, 0.6) is 11.5 Å². The fourth-order valence-corrected chi connectivity index (χ4v) is 3.52. The first kappa shape index (κ1) is 15.6. The number of likely N-dealkylation sites (tertiary alicyclic amines) is 1. The molecular weight excluding hydrogens is 270 g/mol. The van der Waals surface area contributed by atoms with Gasteiger partial charge in [0.15, 0.2) is 0 Å². The zero-order valence-corrected chi connectivity index (χ0v) is 12.5. The number of carboxylic acids is 1. The van der Waals surface area contributed by atoms with E-state index in [4.69, 9.17) is 0 Å². The molecule has 5 heteroatoms. The number of carbonyl (C=O) groups is 1. The van der Waals surface area contributed by atoms with E-state index in [-0.39, 0.29) is 17.5 Å². The van der Waals surface area contributed by atoms with E-state index in [1.54, 1.807) is 12.1 Å². The van der Waals surface area contributed by atoms with Gasteiger partial charge in [-0.3, -0.25) is 9.69 Å². The van der Waals surface area contributed by atoms with E-state index in [2.05, 4.69) is 0 Å². The van der Waals surface area contributed by atoms with Crippen molar-refractivity contribution in [3.63, 3.8) is 0 Å². The first-order valence-corrected chi connectivity index (χ1v) is 7.44. The van der Waals surface area contributed by atoms with E-state index in [1.165, 1.54) is 6.07 Å². The molecule has 0 aliphatic carbocycles. The molecule has 0 bridgehead atoms. The SMILES string of the molecule is CCCC1(C(=O)O)CCCN1C(C)c1cc(O)cc(O)c1. The van der Waals surface area contributed by atoms with Gasteiger partial charge >= 0.3 is 5.97 Å². The predicted molar refractivity (Wildman–Crippen MR) is 79.4 cm³/mol. The molecule has 1 aliphatic rings. The zero-order valence-electron chi connectivity index (χ0n) is 12.5. The van der Waals surface area contributed by atoms with Crippen molar-refractivity contribution in [2.45, 2.75) is 51.1 Å². The van der Waals surface area contributed by atoms with Crippen LogP contribution < -0.4 is 0 Å². The van der Waals surface area contributed by atoms with Gasteiger partial charge < -0.3 is 15.3 Å². The van der Waals surface area contributed by atoms with Crippen LogP contribution in [0.2, 0.25) is 0 Å². The number of hydrogen-bond acceptors (Lipinski definition) is 4. The van der Waals surface area contributed by atoms with Crippen molar-refractivity contribution in [3.8, 4) is 11.5 Å². The topological polar surface area (TPSA) is 81.0 Å². The van der Waals surface area contributed by atoms with Gasteiger partial charge in [0.25, 0.3) is 0 Å². The summed E-state index contributed by atoms with van der Waals surface area (Å²) >= 11 is 0. The molecule has 0 aromatic heterocycles. The number of carboxylic acid groups (broad SMARTS) is 1. The van der Waals surface area contributed by atoms with Crippen LogP contribution in [-0.4, -0.2) is 38.3 Å². The fourth-order valence-electron chi connectivity index (χ4n) is 3.52. The highest BCUT2D eigenvalue weighted by molar-refractivity contribution is 5.79. The van der Waals surface area contributed by atoms with Crippen LogP contribution in [0, 0.1) is 0 Å². The third-order valence-electron chi connectivity index (χ3n) is 4.48. The van der Waals surface area contributed by atoms with E-state index >= 15 is 0 Å². The van der Waals surface area contributed by atoms with Gasteiger partial charge in [0.1, 0.15) is 17.0 Å². The summed E-state index contributed by atoms with van der Waals surface area (Å²) in [5.41, 5.74) is -0.106. The summed E-state index contributed by atoms with van der Waals surface area (Å²) in [6, 6.07) is 4.27. The zero-order chi connectivity index (χ0) is 15.6. The van der Waals surface area contributed by atoms with Crippen molar-refractivity contribution in [1.29, 1.82) is 0 Å². The fraction of sp³-hybridized carbons (Fsp3) is 0.562. The second kappa shape index (κ2) is 5.93. The Bertz CT molecular complexity index is 511. The summed E-state index contributed by atoms with van der Waals surface area (Å²) in [4.78, 5) is 13.8. The number of phenolic OH excluding ortho intramolecular Hbond substituents is 2. The summed E-state index contributed by atoms with van der Waals surface area (Å²) in [6.45, 7) is 4.63. The van der Waals surface area contributed by atoms with Gasteiger partial charge in [-0.05, 0) is 50.4 Å². The maximum absolute atomic E-state index is 11.9. The maximum Gasteiger partial charge on any atom is 0.324 e. The predicted octanol–water partition coefficient (Wildman–Crippen LogP) is 2.88. The van der Waals surface area contributed by atoms with E-state index in [0.717, 1.165) is 18.4 Å². The van der Waals surface area contributed by atoms with Crippen molar-refractivity contribution in [1.82, 2.24) is 4.90 Å². The van der Waals surface area contributed by atoms with Crippen LogP contribution in [0.15, 0.2) is 18.2 Å². The van der Waals surface area contributed by atoms with E-state index in [0.29, 0.717) is 19.4 Å². The van der Waals surface area contributed by atoms with Crippen LogP contribution in [0.4, 0.5) is 0 Å². The molecule has 2 unspecified atom stereocenters. The van der Waals surface area contributed by atoms with Crippen LogP contribution in [0.25, 0.3) is 0 Å². The molecule has 5 nitrogen and oxygen atoms in total. The molecule has 0 amide bonds. The molecule has 0 spiro atoms. The Morgan fingerprint density at radius 1 is 1.33 bits per heavy atom. The van der Waals surface area contributed by atoms with Crippen molar-refractivity contribution >= 4 is 5.97 Å². The Kier molecular flexibility index (Phi) is 4.42. The van der Waals surface area contributed by atoms with Crippen molar-refractivity contribution in [2.75, 3.05) is 6.54 Å². The Morgan fingerprint density at radius 2 is 1.95 bits per heavy atom. The Balaban J connectivity index is 2.36. The normalized spacial score (nSPS) is 24.1. The highest BCUT2D eigenvalue weighted by atomic mass is 16.4. The van der Waals surface area contributed by atoms with Crippen molar-refractivity contribution in [2.24, 2.45) is 0 Å². The third kappa shape index (κ3) is 2.83. The lowest BCUT2D eigenvalue weighted by atomic mass is 9.89. The molecule has 1 fully saturated rings. The molecule has 0 saturated carbocycles. The number of phenols is 2. The number of rotatable bonds is 5. The number of benzene rings is 1. The largest absolute Gasteiger partial charge is 0.508 e. The molecular formula is C16H23NO4. The number of hydrogen-bond donors (Lipinski definition) is 3. The Hall–Kier alpha value is -1.75. The highest BCUT2D eigenvalue weighted by Gasteiger charge is 2.48. The van der Waals surface area contributed by atoms with Crippen LogP contribution in [0.3, 0.4) is 0 Å². The van der Waals surface area contributed by atoms with Gasteiger partial charge in [-0.25, -0.2) is 0 Å². The molecule has 21 heavy (non-hydrogen) atoms. The van der Waals surface area contributed by atoms with Crippen molar-refractivity contribution in [3.05, 3.63) is 23.8 Å². The molecule has 1 heterocycles. The molecule has 0 radical (unpaired) electrons. The van der Waals surface area contributed by atoms with Gasteiger partial charge in [-0.15, -0.1) is 0 Å². The molecule has 1 aromatic rings. The van der Waals surface area contributed by atoms with Gasteiger partial charge in [0.2, 0.25) is 0 Å². The molecule has 2 atom stereocenters. The van der Waals surface area contributed by atoms with Gasteiger partial charge in [0.05, 0.1) is 0 Å². The summed E-state index contributed by atoms with van der Waals surface area (Å²) in [6.07, 6.45) is 2.91. The number of nitrogens with zero attached hydrogens (tertiary/aromatic N) is 1. The average molecular weight is 293 g/mol. The summed E-state index contributed by atoms with van der Waals surface area (Å²) in [5, 5.41) is 29.0. The lowest BCUT2D eigenvalue weighted by Crippen LogP contribution is -2.51. The lowest BCUT2D eigenvalue weighted by molar-refractivity contribution is -0.151. The molecule has 3 N–H and O–H groups in total. The minimum atomic E-state index is -0.838. The number of aliphatic carboxylic acids is 1. The monoisotopic (exact) mass is 293 g/mol. The standard InChI is InChI=1S/C16H23NO4/c1-3-5-16(15(20)21)6-4-7-17(16)11(2)12-8-13(18)10-14(19)9-12/h8-11,18-19H,3-7H2,1-2H3,(H,20,21). The molecule has 2 rings (SSSR count). The average Bonchev–Trinajstić information content (AvgIpc) is 2.82. The van der Waals surface area contributed by atoms with Crippen LogP contribution in [0.1, 0.15) is 51.1 Å². The number of aromatic hydroxyl groups is 2. The smallest absolute Gasteiger partial charge is 0.324 e. The molecule has 1 aliphatic heterocycles. The van der Waals surface area contributed by atoms with Gasteiger partial charge in [0, 0.05) is 12.1 Å². The van der Waals surface area contributed by atoms with E-state index in [1.807, 2.05) is 18.7 Å². The van der Waals surface area contributed by atoms with Crippen LogP contribution >= 0.6 is 0 Å². The van der Waals surface area contributed by atoms with E-state index in [9.17, 15) is 20.1 Å². The highest BCUT2D eigenvalue weighted by Crippen LogP contribution is 2.41. The first-order chi connectivity index (χ1) is 9.90. The first-order valence-electron chi connectivity index (χ1n) is 7.44. The second-order valence-electron chi connectivity index (χ2n) is 5.84. The quantitative estimate of drug-likeness (QED) is 0.777. The minimum absolute atomic E-state index is 0.00698. The third-order valence-corrected chi connectivity index (χ3v) is 4.48. The lowest BCUT2D eigenvalue weighted by Gasteiger charge is -2.39. The Morgan fingerprint density at radius 3 is 2.48 bits per heavy atom. The molecule has 1 saturated heterocycles. The van der Waals surface area contributed by atoms with Gasteiger partial charge in [-0.2, -0.15) is 0 Å². The van der Waals surface area contributed by atoms with Crippen molar-refractivity contribution < 1.29 is 20.1 Å².